The van der Waals surface area contributed by atoms with Gasteiger partial charge in [0.25, 0.3) is 0 Å². The highest BCUT2D eigenvalue weighted by Crippen LogP contribution is 2.28. The highest BCUT2D eigenvalue weighted by Gasteiger charge is 2.38. The Morgan fingerprint density at radius 1 is 1.35 bits per heavy atom. The Balaban J connectivity index is 2.56. The van der Waals surface area contributed by atoms with Crippen molar-refractivity contribution in [2.75, 3.05) is 0 Å². The van der Waals surface area contributed by atoms with Gasteiger partial charge >= 0.3 is 5.51 Å². The maximum atomic E-state index is 12.3. The van der Waals surface area contributed by atoms with Crippen LogP contribution in [-0.2, 0) is 17.8 Å². The zero-order chi connectivity index (χ0) is 12.8. The van der Waals surface area contributed by atoms with E-state index in [-0.39, 0.29) is 4.90 Å². The summed E-state index contributed by atoms with van der Waals surface area (Å²) in [6.45, 7) is 1.75. The first-order valence-corrected chi connectivity index (χ1v) is 5.87. The van der Waals surface area contributed by atoms with Crippen molar-refractivity contribution in [3.63, 3.8) is 0 Å². The van der Waals surface area contributed by atoms with Gasteiger partial charge < -0.3 is 4.57 Å². The molecule has 2 rings (SSSR count). The predicted octanol–water partition coefficient (Wildman–Crippen LogP) is 2.51. The van der Waals surface area contributed by atoms with Gasteiger partial charge in [0.05, 0.1) is 15.9 Å². The van der Waals surface area contributed by atoms with Crippen LogP contribution in [0.15, 0.2) is 23.1 Å². The van der Waals surface area contributed by atoms with Gasteiger partial charge in [0, 0.05) is 7.05 Å². The van der Waals surface area contributed by atoms with Gasteiger partial charge in [0.1, 0.15) is 5.82 Å². The van der Waals surface area contributed by atoms with Crippen molar-refractivity contribution in [2.45, 2.75) is 17.3 Å². The molecule has 1 atom stereocenters. The number of hydrogen-bond donors (Lipinski definition) is 0. The fourth-order valence-corrected chi connectivity index (χ4v) is 2.23. The molecule has 0 fully saturated rings. The van der Waals surface area contributed by atoms with Crippen LogP contribution in [-0.4, -0.2) is 19.3 Å². The Labute approximate surface area is 97.7 Å². The van der Waals surface area contributed by atoms with Crippen LogP contribution in [0.3, 0.4) is 0 Å². The summed E-state index contributed by atoms with van der Waals surface area (Å²) in [5.74, 6) is 0.690. The lowest BCUT2D eigenvalue weighted by atomic mass is 10.3. The van der Waals surface area contributed by atoms with Crippen LogP contribution in [0.25, 0.3) is 11.0 Å². The number of benzene rings is 1. The summed E-state index contributed by atoms with van der Waals surface area (Å²) in [4.78, 5) is 3.82. The third kappa shape index (κ3) is 2.06. The van der Waals surface area contributed by atoms with Gasteiger partial charge in [-0.05, 0) is 25.1 Å². The number of hydrogen-bond acceptors (Lipinski definition) is 2. The first kappa shape index (κ1) is 12.1. The molecule has 0 saturated heterocycles. The molecule has 17 heavy (non-hydrogen) atoms. The fraction of sp³-hybridized carbons (Fsp3) is 0.300. The quantitative estimate of drug-likeness (QED) is 0.791. The van der Waals surface area contributed by atoms with Crippen LogP contribution >= 0.6 is 0 Å². The van der Waals surface area contributed by atoms with E-state index in [9.17, 15) is 17.4 Å². The van der Waals surface area contributed by atoms with Crippen molar-refractivity contribution >= 4 is 21.8 Å². The third-order valence-electron chi connectivity index (χ3n) is 2.50. The number of alkyl halides is 3. The lowest BCUT2D eigenvalue weighted by molar-refractivity contribution is -0.0384. The van der Waals surface area contributed by atoms with Gasteiger partial charge in [-0.2, -0.15) is 13.2 Å². The van der Waals surface area contributed by atoms with E-state index in [1.165, 1.54) is 18.2 Å². The molecule has 1 heterocycles. The molecule has 7 heteroatoms. The van der Waals surface area contributed by atoms with Gasteiger partial charge in [-0.1, -0.05) is 0 Å². The lowest BCUT2D eigenvalue weighted by Gasteiger charge is -2.05. The normalized spacial score (nSPS) is 14.2. The number of aromatic nitrogens is 2. The molecule has 0 spiro atoms. The van der Waals surface area contributed by atoms with Gasteiger partial charge in [-0.15, -0.1) is 0 Å². The average Bonchev–Trinajstić information content (AvgIpc) is 2.52. The van der Waals surface area contributed by atoms with E-state index in [4.69, 9.17) is 0 Å². The summed E-state index contributed by atoms with van der Waals surface area (Å²) in [5, 5.41) is 0. The van der Waals surface area contributed by atoms with E-state index in [0.717, 1.165) is 0 Å². The Bertz CT molecular complexity index is 603. The molecule has 3 nitrogen and oxygen atoms in total. The topological polar surface area (TPSA) is 34.9 Å². The lowest BCUT2D eigenvalue weighted by Crippen LogP contribution is -2.16. The molecular formula is C10H9F3N2OS. The largest absolute Gasteiger partial charge is 0.475 e. The summed E-state index contributed by atoms with van der Waals surface area (Å²) in [6, 6.07) is 3.92. The van der Waals surface area contributed by atoms with E-state index in [1.807, 2.05) is 0 Å². The van der Waals surface area contributed by atoms with Gasteiger partial charge in [0.15, 0.2) is 10.8 Å². The summed E-state index contributed by atoms with van der Waals surface area (Å²) in [6.07, 6.45) is 0. The smallest absolute Gasteiger partial charge is 0.331 e. The van der Waals surface area contributed by atoms with Gasteiger partial charge in [-0.25, -0.2) is 9.19 Å². The molecule has 0 amide bonds. The van der Waals surface area contributed by atoms with Crippen LogP contribution in [0.4, 0.5) is 13.2 Å². The van der Waals surface area contributed by atoms with Crippen molar-refractivity contribution in [1.29, 1.82) is 0 Å². The van der Waals surface area contributed by atoms with Crippen LogP contribution in [0.1, 0.15) is 5.82 Å². The van der Waals surface area contributed by atoms with E-state index >= 15 is 0 Å². The molecule has 0 N–H and O–H groups in total. The van der Waals surface area contributed by atoms with Crippen molar-refractivity contribution < 1.29 is 17.4 Å². The highest BCUT2D eigenvalue weighted by molar-refractivity contribution is 7.86. The first-order valence-electron chi connectivity index (χ1n) is 4.72. The van der Waals surface area contributed by atoms with Crippen molar-refractivity contribution in [3.05, 3.63) is 24.0 Å². The Morgan fingerprint density at radius 2 is 2.00 bits per heavy atom. The Morgan fingerprint density at radius 3 is 2.59 bits per heavy atom. The summed E-state index contributed by atoms with van der Waals surface area (Å²) in [5.41, 5.74) is -3.61. The minimum Gasteiger partial charge on any atom is -0.331 e. The molecule has 2 aromatic rings. The monoisotopic (exact) mass is 262 g/mol. The minimum atomic E-state index is -4.74. The number of fused-ring (bicyclic) bond motifs is 1. The van der Waals surface area contributed by atoms with E-state index in [2.05, 4.69) is 4.98 Å². The SMILES string of the molecule is Cc1nc2cc(S(=O)C(F)(F)F)ccc2n1C. The van der Waals surface area contributed by atoms with Crippen molar-refractivity contribution in [2.24, 2.45) is 7.05 Å². The number of imidazole rings is 1. The molecule has 0 aliphatic heterocycles. The van der Waals surface area contributed by atoms with Crippen molar-refractivity contribution in [1.82, 2.24) is 9.55 Å². The summed E-state index contributed by atoms with van der Waals surface area (Å²) >= 11 is 0. The zero-order valence-corrected chi connectivity index (χ0v) is 9.89. The third-order valence-corrected chi connectivity index (χ3v) is 3.60. The van der Waals surface area contributed by atoms with E-state index < -0.39 is 16.3 Å². The zero-order valence-electron chi connectivity index (χ0n) is 9.08. The second-order valence-corrected chi connectivity index (χ2v) is 5.05. The predicted molar refractivity (Wildman–Crippen MR) is 57.9 cm³/mol. The molecule has 1 aromatic heterocycles. The van der Waals surface area contributed by atoms with E-state index in [1.54, 1.807) is 18.5 Å². The molecule has 0 bridgehead atoms. The molecule has 0 radical (unpaired) electrons. The number of rotatable bonds is 1. The Hall–Kier alpha value is -1.37. The maximum Gasteiger partial charge on any atom is 0.475 e. The Kier molecular flexibility index (Phi) is 2.73. The molecule has 92 valence electrons. The molecule has 1 unspecified atom stereocenters. The standard InChI is InChI=1S/C10H9F3N2OS/c1-6-14-8-5-7(17(16)10(11,12)13)3-4-9(8)15(6)2/h3-5H,1-2H3. The van der Waals surface area contributed by atoms with Crippen LogP contribution in [0.2, 0.25) is 0 Å². The molecule has 0 saturated carbocycles. The molecule has 0 aliphatic carbocycles. The van der Waals surface area contributed by atoms with Gasteiger partial charge in [0.2, 0.25) is 0 Å². The highest BCUT2D eigenvalue weighted by atomic mass is 32.2. The maximum absolute atomic E-state index is 12.3. The summed E-state index contributed by atoms with van der Waals surface area (Å²) < 4.78 is 49.8. The fourth-order valence-electron chi connectivity index (χ4n) is 1.55. The number of aryl methyl sites for hydroxylation is 2. The number of halogens is 3. The molecule has 1 aromatic carbocycles. The summed E-state index contributed by atoms with van der Waals surface area (Å²) in [7, 11) is -1.23. The van der Waals surface area contributed by atoms with Crippen LogP contribution in [0, 0.1) is 6.92 Å². The van der Waals surface area contributed by atoms with Crippen molar-refractivity contribution in [3.8, 4) is 0 Å². The van der Waals surface area contributed by atoms with E-state index in [0.29, 0.717) is 16.9 Å². The molecular weight excluding hydrogens is 253 g/mol. The minimum absolute atomic E-state index is 0.275. The second kappa shape index (κ2) is 3.83. The van der Waals surface area contributed by atoms with Gasteiger partial charge in [-0.3, -0.25) is 0 Å². The average molecular weight is 262 g/mol. The van der Waals surface area contributed by atoms with Crippen LogP contribution < -0.4 is 0 Å². The number of nitrogens with zero attached hydrogens (tertiary/aromatic N) is 2. The first-order chi connectivity index (χ1) is 7.80. The van der Waals surface area contributed by atoms with Crippen LogP contribution in [0.5, 0.6) is 0 Å². The second-order valence-electron chi connectivity index (χ2n) is 3.58. The molecule has 0 aliphatic rings.